The van der Waals surface area contributed by atoms with E-state index in [2.05, 4.69) is 32.7 Å². The Bertz CT molecular complexity index is 201. The lowest BCUT2D eigenvalue weighted by Crippen LogP contribution is -2.30. The quantitative estimate of drug-likeness (QED) is 0.491. The summed E-state index contributed by atoms with van der Waals surface area (Å²) >= 11 is 0. The Balaban J connectivity index is 2.56. The molecular formula is C11H22N2. The summed E-state index contributed by atoms with van der Waals surface area (Å²) < 4.78 is 0. The maximum Gasteiger partial charge on any atom is 0.0994 e. The molecule has 0 aromatic carbocycles. The Morgan fingerprint density at radius 1 is 1.31 bits per heavy atom. The molecule has 0 aromatic heterocycles. The van der Waals surface area contributed by atoms with Gasteiger partial charge in [-0.05, 0) is 25.2 Å². The average molecular weight is 182 g/mol. The smallest absolute Gasteiger partial charge is 0.0994 e. The molecule has 76 valence electrons. The monoisotopic (exact) mass is 182 g/mol. The number of nitrogens with two attached hydrogens (primary N) is 1. The molecule has 1 aliphatic carbocycles. The Hall–Kier alpha value is -0.530. The van der Waals surface area contributed by atoms with E-state index in [-0.39, 0.29) is 5.41 Å². The fourth-order valence-corrected chi connectivity index (χ4v) is 1.68. The average Bonchev–Trinajstić information content (AvgIpc) is 2.33. The Morgan fingerprint density at radius 3 is 2.31 bits per heavy atom. The van der Waals surface area contributed by atoms with Crippen molar-refractivity contribution in [1.29, 1.82) is 0 Å². The van der Waals surface area contributed by atoms with Crippen molar-refractivity contribution in [3.05, 3.63) is 0 Å². The van der Waals surface area contributed by atoms with Gasteiger partial charge in [0.15, 0.2) is 0 Å². The summed E-state index contributed by atoms with van der Waals surface area (Å²) in [6.07, 6.45) is 3.75. The van der Waals surface area contributed by atoms with Crippen molar-refractivity contribution in [2.45, 2.75) is 53.0 Å². The zero-order valence-corrected chi connectivity index (χ0v) is 9.30. The van der Waals surface area contributed by atoms with Crippen molar-refractivity contribution >= 4 is 5.84 Å². The van der Waals surface area contributed by atoms with Crippen LogP contribution < -0.4 is 5.73 Å². The van der Waals surface area contributed by atoms with Gasteiger partial charge >= 0.3 is 0 Å². The molecule has 0 radical (unpaired) electrons. The molecule has 2 nitrogen and oxygen atoms in total. The van der Waals surface area contributed by atoms with Crippen LogP contribution in [0.25, 0.3) is 0 Å². The maximum atomic E-state index is 5.93. The fourth-order valence-electron chi connectivity index (χ4n) is 1.68. The minimum Gasteiger partial charge on any atom is -0.387 e. The fraction of sp³-hybridized carbons (Fsp3) is 0.909. The highest BCUT2D eigenvalue weighted by Crippen LogP contribution is 2.28. The van der Waals surface area contributed by atoms with Gasteiger partial charge in [-0.1, -0.05) is 27.7 Å². The lowest BCUT2D eigenvalue weighted by atomic mass is 9.95. The van der Waals surface area contributed by atoms with Crippen LogP contribution in [0.1, 0.15) is 47.0 Å². The van der Waals surface area contributed by atoms with Gasteiger partial charge in [-0.3, -0.25) is 4.99 Å². The second-order valence-electron chi connectivity index (χ2n) is 5.34. The molecule has 2 N–H and O–H groups in total. The molecule has 0 spiro atoms. The first-order valence-corrected chi connectivity index (χ1v) is 5.23. The molecule has 13 heavy (non-hydrogen) atoms. The highest BCUT2D eigenvalue weighted by atomic mass is 14.9. The molecule has 0 aliphatic heterocycles. The van der Waals surface area contributed by atoms with Gasteiger partial charge in [0.1, 0.15) is 0 Å². The third-order valence-corrected chi connectivity index (χ3v) is 2.76. The van der Waals surface area contributed by atoms with Gasteiger partial charge in [-0.2, -0.15) is 0 Å². The number of nitrogens with zero attached hydrogens (tertiary/aromatic N) is 1. The van der Waals surface area contributed by atoms with Gasteiger partial charge in [0, 0.05) is 5.41 Å². The first kappa shape index (κ1) is 10.6. The minimum atomic E-state index is 0.0336. The van der Waals surface area contributed by atoms with Crippen LogP contribution in [-0.4, -0.2) is 11.9 Å². The van der Waals surface area contributed by atoms with E-state index < -0.39 is 0 Å². The van der Waals surface area contributed by atoms with E-state index in [9.17, 15) is 0 Å². The molecule has 1 saturated carbocycles. The third-order valence-electron chi connectivity index (χ3n) is 2.76. The third kappa shape index (κ3) is 3.02. The van der Waals surface area contributed by atoms with Crippen molar-refractivity contribution in [2.75, 3.05) is 0 Å². The molecule has 1 rings (SSSR count). The molecule has 0 aromatic rings. The molecule has 2 unspecified atom stereocenters. The molecular weight excluding hydrogens is 160 g/mol. The SMILES string of the molecule is CC1CCC(N=C(N)C(C)(C)C)C1. The van der Waals surface area contributed by atoms with E-state index in [1.165, 1.54) is 19.3 Å². The highest BCUT2D eigenvalue weighted by Gasteiger charge is 2.23. The number of aliphatic imine (C=N–C) groups is 1. The molecule has 0 amide bonds. The first-order chi connectivity index (χ1) is 5.89. The Morgan fingerprint density at radius 2 is 1.92 bits per heavy atom. The topological polar surface area (TPSA) is 38.4 Å². The van der Waals surface area contributed by atoms with Crippen LogP contribution >= 0.6 is 0 Å². The standard InChI is InChI=1S/C11H22N2/c1-8-5-6-9(7-8)13-10(12)11(2,3)4/h8-9H,5-7H2,1-4H3,(H2,12,13). The van der Waals surface area contributed by atoms with Gasteiger partial charge in [-0.15, -0.1) is 0 Å². The van der Waals surface area contributed by atoms with E-state index in [1.54, 1.807) is 0 Å². The zero-order valence-electron chi connectivity index (χ0n) is 9.30. The summed E-state index contributed by atoms with van der Waals surface area (Å²) in [5, 5.41) is 0. The highest BCUT2D eigenvalue weighted by molar-refractivity contribution is 5.85. The lowest BCUT2D eigenvalue weighted by molar-refractivity contribution is 0.561. The van der Waals surface area contributed by atoms with Crippen LogP contribution in [0.15, 0.2) is 4.99 Å². The summed E-state index contributed by atoms with van der Waals surface area (Å²) in [7, 11) is 0. The zero-order chi connectivity index (χ0) is 10.1. The summed E-state index contributed by atoms with van der Waals surface area (Å²) in [6, 6.07) is 0.495. The summed E-state index contributed by atoms with van der Waals surface area (Å²) in [5.41, 5.74) is 5.96. The second kappa shape index (κ2) is 3.69. The van der Waals surface area contributed by atoms with Crippen LogP contribution in [0, 0.1) is 11.3 Å². The Kier molecular flexibility index (Phi) is 2.99. The van der Waals surface area contributed by atoms with Gasteiger partial charge in [-0.25, -0.2) is 0 Å². The molecule has 1 aliphatic rings. The summed E-state index contributed by atoms with van der Waals surface area (Å²) in [6.45, 7) is 8.64. The largest absolute Gasteiger partial charge is 0.387 e. The van der Waals surface area contributed by atoms with Crippen LogP contribution in [-0.2, 0) is 0 Å². The number of hydrogen-bond acceptors (Lipinski definition) is 1. The van der Waals surface area contributed by atoms with Crippen molar-refractivity contribution in [3.8, 4) is 0 Å². The van der Waals surface area contributed by atoms with Crippen LogP contribution in [0.4, 0.5) is 0 Å². The molecule has 1 fully saturated rings. The van der Waals surface area contributed by atoms with Crippen molar-refractivity contribution in [1.82, 2.24) is 0 Å². The second-order valence-corrected chi connectivity index (χ2v) is 5.34. The predicted octanol–water partition coefficient (Wildman–Crippen LogP) is 2.58. The molecule has 0 saturated heterocycles. The van der Waals surface area contributed by atoms with E-state index in [1.807, 2.05) is 0 Å². The van der Waals surface area contributed by atoms with Crippen LogP contribution in [0.5, 0.6) is 0 Å². The van der Waals surface area contributed by atoms with E-state index in [0.29, 0.717) is 6.04 Å². The predicted molar refractivity (Wildman–Crippen MR) is 57.9 cm³/mol. The number of rotatable bonds is 1. The lowest BCUT2D eigenvalue weighted by Gasteiger charge is -2.19. The maximum absolute atomic E-state index is 5.93. The van der Waals surface area contributed by atoms with Gasteiger partial charge < -0.3 is 5.73 Å². The number of hydrogen-bond donors (Lipinski definition) is 1. The van der Waals surface area contributed by atoms with E-state index in [0.717, 1.165) is 11.8 Å². The molecule has 2 atom stereocenters. The van der Waals surface area contributed by atoms with Gasteiger partial charge in [0.25, 0.3) is 0 Å². The van der Waals surface area contributed by atoms with E-state index >= 15 is 0 Å². The normalized spacial score (nSPS) is 30.9. The van der Waals surface area contributed by atoms with Crippen LogP contribution in [0.2, 0.25) is 0 Å². The van der Waals surface area contributed by atoms with Crippen molar-refractivity contribution in [2.24, 2.45) is 22.1 Å². The number of amidine groups is 1. The Labute approximate surface area is 81.6 Å². The van der Waals surface area contributed by atoms with Crippen molar-refractivity contribution < 1.29 is 0 Å². The minimum absolute atomic E-state index is 0.0336. The van der Waals surface area contributed by atoms with E-state index in [4.69, 9.17) is 5.73 Å². The van der Waals surface area contributed by atoms with Crippen LogP contribution in [0.3, 0.4) is 0 Å². The summed E-state index contributed by atoms with van der Waals surface area (Å²) in [4.78, 5) is 4.59. The molecule has 0 bridgehead atoms. The molecule has 0 heterocycles. The van der Waals surface area contributed by atoms with Gasteiger partial charge in [0.05, 0.1) is 11.9 Å². The van der Waals surface area contributed by atoms with Gasteiger partial charge in [0.2, 0.25) is 0 Å². The first-order valence-electron chi connectivity index (χ1n) is 5.23. The molecule has 2 heteroatoms. The summed E-state index contributed by atoms with van der Waals surface area (Å²) in [5.74, 6) is 1.65. The van der Waals surface area contributed by atoms with Crippen molar-refractivity contribution in [3.63, 3.8) is 0 Å².